The van der Waals surface area contributed by atoms with Crippen molar-refractivity contribution in [2.75, 3.05) is 6.54 Å². The second-order valence-electron chi connectivity index (χ2n) is 25.3. The third-order valence-electron chi connectivity index (χ3n) is 17.2. The maximum atomic E-state index is 14.9. The first kappa shape index (κ1) is 80.5. The number of rotatable bonds is 41. The molecular weight excluding hydrogens is 1360 g/mol. The molecule has 0 aliphatic carbocycles. The number of aromatic hydroxyl groups is 1. The van der Waals surface area contributed by atoms with Gasteiger partial charge in [0.05, 0.1) is 24.5 Å². The Morgan fingerprint density at radius 2 is 0.821 bits per heavy atom. The average Bonchev–Trinajstić information content (AvgIpc) is 1.27. The van der Waals surface area contributed by atoms with Crippen LogP contribution in [0, 0.1) is 5.41 Å². The van der Waals surface area contributed by atoms with E-state index in [2.05, 4.69) is 47.9 Å². The van der Waals surface area contributed by atoms with Gasteiger partial charge in [0.2, 0.25) is 65.0 Å². The van der Waals surface area contributed by atoms with E-state index in [0.29, 0.717) is 22.4 Å². The zero-order valence-electron chi connectivity index (χ0n) is 58.2. The van der Waals surface area contributed by atoms with Gasteiger partial charge < -0.3 is 91.3 Å². The molecule has 7 aromatic rings. The summed E-state index contributed by atoms with van der Waals surface area (Å²) in [5.74, 6) is -13.3. The van der Waals surface area contributed by atoms with Crippen molar-refractivity contribution in [1.82, 2.24) is 57.4 Å². The first-order chi connectivity index (χ1) is 50.7. The van der Waals surface area contributed by atoms with Gasteiger partial charge in [-0.15, -0.1) is 0 Å². The zero-order valence-corrected chi connectivity index (χ0v) is 58.2. The zero-order chi connectivity index (χ0) is 76.9. The Morgan fingerprint density at radius 3 is 1.26 bits per heavy atom. The molecule has 31 heteroatoms. The summed E-state index contributed by atoms with van der Waals surface area (Å²) in [6.07, 6.45) is -0.555. The van der Waals surface area contributed by atoms with E-state index in [0.717, 1.165) is 16.7 Å². The Kier molecular flexibility index (Phi) is 30.1. The molecule has 6 aromatic carbocycles. The van der Waals surface area contributed by atoms with Crippen molar-refractivity contribution in [2.24, 2.45) is 28.7 Å². The standard InChI is InChI=1S/C75H89N17O14/c1-45(66(99)85-55(28-17-37-82-74(80)81)69(102)88-58(65(79)98)38-46-18-7-2-8-19-46)84-68(101)56(33-35-62(77)94)86-70(103)57(34-36-63(78)95)87-73(106)61(42-64(96)97)91-72(105)60(40-48-29-31-53(93)32-30-48)90-71(104)59(39-47-20-9-3-10-21-47)89-67(100)54(76)41-52-43-92(44-83-52)75(49-22-11-4-12-23-49,50-24-13-5-14-25-50)51-26-15-6-16-27-51/h2-16,18-27,29-32,43-45,54-61,93H,17,28,33-42,76H2,1H3,(H2,77,94)(H2,78,95)(H2,79,98)(H,84,101)(H,85,99)(H,86,103)(H,87,106)(H,88,102)(H,89,100)(H,90,104)(H,91,105)(H,96,97)(H4,80,81,82)/t45-,54-,55-,56-,57-,58-,59-,60-,61-/m0/s1. The van der Waals surface area contributed by atoms with Gasteiger partial charge in [-0.3, -0.25) is 62.9 Å². The molecule has 0 radical (unpaired) electrons. The van der Waals surface area contributed by atoms with Crippen LogP contribution in [-0.4, -0.2) is 158 Å². The smallest absolute Gasteiger partial charge is 0.305 e. The number of primary amides is 3. The van der Waals surface area contributed by atoms with Crippen LogP contribution >= 0.6 is 0 Å². The molecule has 1 heterocycles. The van der Waals surface area contributed by atoms with Crippen LogP contribution in [0.5, 0.6) is 5.75 Å². The highest BCUT2D eigenvalue weighted by Gasteiger charge is 2.40. The molecule has 9 atom stereocenters. The van der Waals surface area contributed by atoms with Gasteiger partial charge in [0.25, 0.3) is 0 Å². The number of phenolic OH excluding ortho intramolecular Hbond substituents is 1. The Bertz CT molecular complexity index is 4080. The molecule has 7 rings (SSSR count). The Hall–Kier alpha value is -12.8. The number of carbonyl (C=O) groups excluding carboxylic acids is 11. The third kappa shape index (κ3) is 24.2. The fourth-order valence-electron chi connectivity index (χ4n) is 11.8. The Morgan fingerprint density at radius 1 is 0.453 bits per heavy atom. The summed E-state index contributed by atoms with van der Waals surface area (Å²) in [5, 5.41) is 50.3. The van der Waals surface area contributed by atoms with Crippen LogP contribution in [0.1, 0.15) is 90.9 Å². The molecule has 558 valence electrons. The van der Waals surface area contributed by atoms with Crippen LogP contribution in [0.2, 0.25) is 0 Å². The number of phenols is 1. The lowest BCUT2D eigenvalue weighted by atomic mass is 9.77. The number of guanidine groups is 1. The Labute approximate surface area is 610 Å². The SMILES string of the molecule is C[C@H](NC(=O)[C@H](CCC(N)=O)NC(=O)[C@H](CCC(N)=O)NC(=O)[C@H](CC(=O)O)NC(=O)[C@H](Cc1ccc(O)cc1)NC(=O)[C@H](Cc1ccccc1)NC(=O)[C@@H](N)Cc1cn(C(c2ccccc2)(c2ccccc2)c2ccccc2)cn1)C(=O)N[C@@H](CCCNC(=N)N)C(=O)N[C@@H](Cc1ccccc1)C(N)=O. The van der Waals surface area contributed by atoms with Crippen LogP contribution < -0.4 is 76.5 Å². The number of carbonyl (C=O) groups is 12. The molecule has 11 amide bonds. The number of aliphatic carboxylic acids is 1. The topological polar surface area (TPSA) is 525 Å². The molecule has 0 fully saturated rings. The molecule has 0 spiro atoms. The first-order valence-electron chi connectivity index (χ1n) is 34.1. The van der Waals surface area contributed by atoms with Crippen molar-refractivity contribution < 1.29 is 67.7 Å². The van der Waals surface area contributed by atoms with Gasteiger partial charge in [0, 0.05) is 51.3 Å². The number of nitrogens with two attached hydrogens (primary N) is 5. The van der Waals surface area contributed by atoms with Crippen LogP contribution in [0.3, 0.4) is 0 Å². The number of imidazole rings is 1. The lowest BCUT2D eigenvalue weighted by Crippen LogP contribution is -2.61. The molecule has 31 nitrogen and oxygen atoms in total. The van der Waals surface area contributed by atoms with E-state index >= 15 is 0 Å². The second kappa shape index (κ2) is 39.6. The number of carboxylic acids is 1. The summed E-state index contributed by atoms with van der Waals surface area (Å²) in [6.45, 7) is 1.30. The van der Waals surface area contributed by atoms with Gasteiger partial charge in [0.1, 0.15) is 59.6 Å². The number of carboxylic acid groups (broad SMARTS) is 1. The summed E-state index contributed by atoms with van der Waals surface area (Å²) in [7, 11) is 0. The van der Waals surface area contributed by atoms with E-state index in [4.69, 9.17) is 39.1 Å². The predicted molar refractivity (Wildman–Crippen MR) is 389 cm³/mol. The average molecular weight is 1450 g/mol. The first-order valence-corrected chi connectivity index (χ1v) is 34.1. The molecule has 22 N–H and O–H groups in total. The van der Waals surface area contributed by atoms with Crippen molar-refractivity contribution in [3.63, 3.8) is 0 Å². The number of nitrogens with one attached hydrogen (secondary N) is 10. The second-order valence-corrected chi connectivity index (χ2v) is 25.3. The third-order valence-corrected chi connectivity index (χ3v) is 17.2. The number of nitrogens with zero attached hydrogens (tertiary/aromatic N) is 2. The van der Waals surface area contributed by atoms with Gasteiger partial charge in [-0.05, 0) is 78.1 Å². The van der Waals surface area contributed by atoms with Gasteiger partial charge in [0.15, 0.2) is 5.96 Å². The summed E-state index contributed by atoms with van der Waals surface area (Å²) in [6, 6.07) is 37.8. The quantitative estimate of drug-likeness (QED) is 0.0101. The lowest BCUT2D eigenvalue weighted by molar-refractivity contribution is -0.141. The van der Waals surface area contributed by atoms with Gasteiger partial charge in [-0.2, -0.15) is 0 Å². The van der Waals surface area contributed by atoms with E-state index in [9.17, 15) is 67.7 Å². The molecule has 0 aliphatic rings. The van der Waals surface area contributed by atoms with E-state index in [-0.39, 0.29) is 56.8 Å². The van der Waals surface area contributed by atoms with Gasteiger partial charge >= 0.3 is 5.97 Å². The number of hydrogen-bond acceptors (Lipinski definition) is 16. The monoisotopic (exact) mass is 1450 g/mol. The molecule has 0 aliphatic heterocycles. The maximum Gasteiger partial charge on any atom is 0.305 e. The molecule has 0 saturated carbocycles. The van der Waals surface area contributed by atoms with Crippen molar-refractivity contribution in [1.29, 1.82) is 5.41 Å². The fraction of sp³-hybridized carbons (Fsp3) is 0.307. The number of aromatic nitrogens is 2. The lowest BCUT2D eigenvalue weighted by Gasteiger charge is -2.37. The number of benzene rings is 6. The fourth-order valence-corrected chi connectivity index (χ4v) is 11.8. The van der Waals surface area contributed by atoms with Crippen LogP contribution in [0.4, 0.5) is 0 Å². The van der Waals surface area contributed by atoms with Crippen LogP contribution in [0.15, 0.2) is 188 Å². The van der Waals surface area contributed by atoms with E-state index in [1.165, 1.54) is 31.2 Å². The minimum Gasteiger partial charge on any atom is -0.508 e. The van der Waals surface area contributed by atoms with Crippen LogP contribution in [-0.2, 0) is 88.8 Å². The minimum atomic E-state index is -2.07. The number of hydrogen-bond donors (Lipinski definition) is 17. The normalized spacial score (nSPS) is 13.6. The van der Waals surface area contributed by atoms with Crippen molar-refractivity contribution >= 4 is 76.9 Å². The molecule has 0 bridgehead atoms. The van der Waals surface area contributed by atoms with Crippen LogP contribution in [0.25, 0.3) is 0 Å². The highest BCUT2D eigenvalue weighted by atomic mass is 16.4. The molecule has 1 aromatic heterocycles. The van der Waals surface area contributed by atoms with Gasteiger partial charge in [-0.25, -0.2) is 4.98 Å². The van der Waals surface area contributed by atoms with E-state index in [1.807, 2.05) is 95.6 Å². The molecule has 0 saturated heterocycles. The highest BCUT2D eigenvalue weighted by Crippen LogP contribution is 2.41. The van der Waals surface area contributed by atoms with Gasteiger partial charge in [-0.1, -0.05) is 164 Å². The summed E-state index contributed by atoms with van der Waals surface area (Å²) < 4.78 is 1.95. The Balaban J connectivity index is 1.09. The van der Waals surface area contributed by atoms with Crippen molar-refractivity contribution in [3.8, 4) is 5.75 Å². The summed E-state index contributed by atoms with van der Waals surface area (Å²) in [5.41, 5.74) is 32.5. The highest BCUT2D eigenvalue weighted by molar-refractivity contribution is 5.99. The number of amides is 11. The molecular formula is C75H89N17O14. The maximum absolute atomic E-state index is 14.9. The largest absolute Gasteiger partial charge is 0.508 e. The van der Waals surface area contributed by atoms with Crippen molar-refractivity contribution in [2.45, 2.75) is 137 Å². The summed E-state index contributed by atoms with van der Waals surface area (Å²) >= 11 is 0. The summed E-state index contributed by atoms with van der Waals surface area (Å²) in [4.78, 5) is 169. The molecule has 106 heavy (non-hydrogen) atoms. The van der Waals surface area contributed by atoms with E-state index < -0.39 is 163 Å². The predicted octanol–water partition coefficient (Wildman–Crippen LogP) is -0.321. The van der Waals surface area contributed by atoms with Crippen molar-refractivity contribution in [3.05, 3.63) is 228 Å². The molecule has 0 unspecified atom stereocenters. The van der Waals surface area contributed by atoms with E-state index in [1.54, 1.807) is 73.2 Å². The minimum absolute atomic E-state index is 0.00324.